The molecule has 1 rings (SSSR count). The fourth-order valence-corrected chi connectivity index (χ4v) is 2.62. The lowest BCUT2D eigenvalue weighted by molar-refractivity contribution is -0.128. The number of carbonyl (C=O) groups excluding carboxylic acids is 1. The Morgan fingerprint density at radius 1 is 1.35 bits per heavy atom. The van der Waals surface area contributed by atoms with Crippen molar-refractivity contribution in [1.82, 2.24) is 5.32 Å². The molecule has 0 aliphatic heterocycles. The van der Waals surface area contributed by atoms with Crippen LogP contribution in [0.25, 0.3) is 0 Å². The molecule has 0 heterocycles. The SMILES string of the molecule is CC1CCC(CCl)(NC(=O)C(C)C(C)C)CC1. The van der Waals surface area contributed by atoms with Gasteiger partial charge in [-0.05, 0) is 37.5 Å². The third-order valence-electron chi connectivity index (χ3n) is 4.29. The van der Waals surface area contributed by atoms with Gasteiger partial charge in [-0.1, -0.05) is 27.7 Å². The summed E-state index contributed by atoms with van der Waals surface area (Å²) in [7, 11) is 0. The average Bonchev–Trinajstić information content (AvgIpc) is 2.31. The molecule has 1 aliphatic carbocycles. The minimum Gasteiger partial charge on any atom is -0.349 e. The van der Waals surface area contributed by atoms with E-state index >= 15 is 0 Å². The van der Waals surface area contributed by atoms with Crippen LogP contribution in [0.4, 0.5) is 0 Å². The fraction of sp³-hybridized carbons (Fsp3) is 0.929. The minimum atomic E-state index is -0.145. The number of amides is 1. The molecule has 1 atom stereocenters. The van der Waals surface area contributed by atoms with Crippen LogP contribution in [0.2, 0.25) is 0 Å². The summed E-state index contributed by atoms with van der Waals surface area (Å²) in [5.74, 6) is 1.91. The van der Waals surface area contributed by atoms with E-state index < -0.39 is 0 Å². The highest BCUT2D eigenvalue weighted by Gasteiger charge is 2.36. The van der Waals surface area contributed by atoms with Gasteiger partial charge in [-0.25, -0.2) is 0 Å². The molecular weight excluding hydrogens is 234 g/mol. The zero-order chi connectivity index (χ0) is 13.1. The number of hydrogen-bond acceptors (Lipinski definition) is 1. The van der Waals surface area contributed by atoms with Crippen molar-refractivity contribution >= 4 is 17.5 Å². The van der Waals surface area contributed by atoms with Crippen LogP contribution >= 0.6 is 11.6 Å². The zero-order valence-electron chi connectivity index (χ0n) is 11.6. The highest BCUT2D eigenvalue weighted by Crippen LogP contribution is 2.33. The second-order valence-corrected chi connectivity index (χ2v) is 6.39. The minimum absolute atomic E-state index is 0.0643. The first-order valence-electron chi connectivity index (χ1n) is 6.78. The van der Waals surface area contributed by atoms with Crippen LogP contribution in [0.1, 0.15) is 53.4 Å². The van der Waals surface area contributed by atoms with Gasteiger partial charge in [0.15, 0.2) is 0 Å². The molecule has 1 unspecified atom stereocenters. The Labute approximate surface area is 110 Å². The third kappa shape index (κ3) is 3.87. The van der Waals surface area contributed by atoms with Crippen LogP contribution in [0, 0.1) is 17.8 Å². The molecule has 1 fully saturated rings. The van der Waals surface area contributed by atoms with Crippen molar-refractivity contribution in [3.63, 3.8) is 0 Å². The van der Waals surface area contributed by atoms with Crippen molar-refractivity contribution in [3.05, 3.63) is 0 Å². The molecule has 100 valence electrons. The maximum Gasteiger partial charge on any atom is 0.223 e. The normalized spacial score (nSPS) is 31.3. The topological polar surface area (TPSA) is 29.1 Å². The molecule has 2 nitrogen and oxygen atoms in total. The Balaban J connectivity index is 2.60. The summed E-state index contributed by atoms with van der Waals surface area (Å²) in [6, 6.07) is 0. The molecule has 0 radical (unpaired) electrons. The first-order valence-corrected chi connectivity index (χ1v) is 7.31. The standard InChI is InChI=1S/C14H26ClNO/c1-10(2)12(4)13(17)16-14(9-15)7-5-11(3)6-8-14/h10-12H,5-9H2,1-4H3,(H,16,17). The lowest BCUT2D eigenvalue weighted by Crippen LogP contribution is -2.53. The monoisotopic (exact) mass is 259 g/mol. The summed E-state index contributed by atoms with van der Waals surface area (Å²) < 4.78 is 0. The molecule has 0 aromatic heterocycles. The molecule has 3 heteroatoms. The van der Waals surface area contributed by atoms with Gasteiger partial charge in [0.05, 0.1) is 5.54 Å². The first-order chi connectivity index (χ1) is 7.90. The van der Waals surface area contributed by atoms with Gasteiger partial charge in [0.1, 0.15) is 0 Å². The van der Waals surface area contributed by atoms with Gasteiger partial charge in [0.2, 0.25) is 5.91 Å². The summed E-state index contributed by atoms with van der Waals surface area (Å²) in [4.78, 5) is 12.1. The van der Waals surface area contributed by atoms with E-state index in [-0.39, 0.29) is 17.4 Å². The molecule has 0 aromatic carbocycles. The number of rotatable bonds is 4. The van der Waals surface area contributed by atoms with E-state index in [1.54, 1.807) is 0 Å². The van der Waals surface area contributed by atoms with E-state index in [0.29, 0.717) is 11.8 Å². The van der Waals surface area contributed by atoms with E-state index in [1.807, 2.05) is 6.92 Å². The second-order valence-electron chi connectivity index (χ2n) is 6.12. The molecule has 0 saturated heterocycles. The van der Waals surface area contributed by atoms with E-state index in [2.05, 4.69) is 26.1 Å². The van der Waals surface area contributed by atoms with Crippen LogP contribution in [0.15, 0.2) is 0 Å². The molecule has 1 amide bonds. The highest BCUT2D eigenvalue weighted by atomic mass is 35.5. The third-order valence-corrected chi connectivity index (χ3v) is 4.80. The quantitative estimate of drug-likeness (QED) is 0.769. The van der Waals surface area contributed by atoms with Gasteiger partial charge in [-0.15, -0.1) is 11.6 Å². The Bertz CT molecular complexity index is 257. The molecule has 1 saturated carbocycles. The van der Waals surface area contributed by atoms with Gasteiger partial charge in [0, 0.05) is 11.8 Å². The fourth-order valence-electron chi connectivity index (χ4n) is 2.28. The van der Waals surface area contributed by atoms with Crippen LogP contribution in [0.5, 0.6) is 0 Å². The molecule has 17 heavy (non-hydrogen) atoms. The van der Waals surface area contributed by atoms with Gasteiger partial charge in [-0.3, -0.25) is 4.79 Å². The Morgan fingerprint density at radius 2 is 1.88 bits per heavy atom. The van der Waals surface area contributed by atoms with Gasteiger partial charge < -0.3 is 5.32 Å². The number of alkyl halides is 1. The molecule has 0 bridgehead atoms. The Hall–Kier alpha value is -0.240. The number of halogens is 1. The van der Waals surface area contributed by atoms with Gasteiger partial charge >= 0.3 is 0 Å². The predicted molar refractivity (Wildman–Crippen MR) is 73.2 cm³/mol. The van der Waals surface area contributed by atoms with Crippen LogP contribution < -0.4 is 5.32 Å². The second kappa shape index (κ2) is 6.08. The summed E-state index contributed by atoms with van der Waals surface area (Å²) in [5.41, 5.74) is -0.145. The lowest BCUT2D eigenvalue weighted by Gasteiger charge is -2.39. The smallest absolute Gasteiger partial charge is 0.223 e. The lowest BCUT2D eigenvalue weighted by atomic mass is 9.78. The molecular formula is C14H26ClNO. The van der Waals surface area contributed by atoms with Crippen molar-refractivity contribution < 1.29 is 4.79 Å². The largest absolute Gasteiger partial charge is 0.349 e. The van der Waals surface area contributed by atoms with Crippen LogP contribution in [-0.4, -0.2) is 17.3 Å². The van der Waals surface area contributed by atoms with E-state index in [4.69, 9.17) is 11.6 Å². The molecule has 1 N–H and O–H groups in total. The van der Waals surface area contributed by atoms with Gasteiger partial charge in [-0.2, -0.15) is 0 Å². The number of hydrogen-bond donors (Lipinski definition) is 1. The Kier molecular flexibility index (Phi) is 5.30. The first kappa shape index (κ1) is 14.8. The summed E-state index contributed by atoms with van der Waals surface area (Å²) >= 11 is 6.10. The van der Waals surface area contributed by atoms with E-state index in [0.717, 1.165) is 18.8 Å². The van der Waals surface area contributed by atoms with E-state index in [1.165, 1.54) is 12.8 Å². The average molecular weight is 260 g/mol. The van der Waals surface area contributed by atoms with Crippen molar-refractivity contribution in [2.45, 2.75) is 58.9 Å². The number of carbonyl (C=O) groups is 1. The molecule has 0 spiro atoms. The Morgan fingerprint density at radius 3 is 2.29 bits per heavy atom. The van der Waals surface area contributed by atoms with Gasteiger partial charge in [0.25, 0.3) is 0 Å². The van der Waals surface area contributed by atoms with Crippen molar-refractivity contribution in [3.8, 4) is 0 Å². The maximum absolute atomic E-state index is 12.1. The highest BCUT2D eigenvalue weighted by molar-refractivity contribution is 6.18. The molecule has 1 aliphatic rings. The van der Waals surface area contributed by atoms with Crippen LogP contribution in [-0.2, 0) is 4.79 Å². The van der Waals surface area contributed by atoms with Crippen molar-refractivity contribution in [2.75, 3.05) is 5.88 Å². The van der Waals surface area contributed by atoms with Crippen LogP contribution in [0.3, 0.4) is 0 Å². The predicted octanol–water partition coefficient (Wildman–Crippen LogP) is 3.58. The van der Waals surface area contributed by atoms with Crippen molar-refractivity contribution in [2.24, 2.45) is 17.8 Å². The number of nitrogens with one attached hydrogen (secondary N) is 1. The van der Waals surface area contributed by atoms with E-state index in [9.17, 15) is 4.79 Å². The summed E-state index contributed by atoms with van der Waals surface area (Å²) in [5, 5.41) is 3.21. The summed E-state index contributed by atoms with van der Waals surface area (Å²) in [6.07, 6.45) is 4.38. The summed E-state index contributed by atoms with van der Waals surface area (Å²) in [6.45, 7) is 8.44. The maximum atomic E-state index is 12.1. The zero-order valence-corrected chi connectivity index (χ0v) is 12.3. The molecule has 0 aromatic rings. The van der Waals surface area contributed by atoms with Crippen molar-refractivity contribution in [1.29, 1.82) is 0 Å².